The van der Waals surface area contributed by atoms with E-state index in [0.29, 0.717) is 4.90 Å². The molecule has 0 aromatic carbocycles. The van der Waals surface area contributed by atoms with Gasteiger partial charge in [0, 0.05) is 47.6 Å². The van der Waals surface area contributed by atoms with Crippen LogP contribution in [0.1, 0.15) is 41.0 Å². The van der Waals surface area contributed by atoms with Gasteiger partial charge in [0.1, 0.15) is 24.9 Å². The quantitative estimate of drug-likeness (QED) is 0.315. The molecule has 2 aliphatic rings. The van der Waals surface area contributed by atoms with Gasteiger partial charge < -0.3 is 33.3 Å². The Balaban J connectivity index is 2.75. The van der Waals surface area contributed by atoms with Gasteiger partial charge in [-0.3, -0.25) is 28.8 Å². The first-order valence-corrected chi connectivity index (χ1v) is 11.4. The van der Waals surface area contributed by atoms with Crippen molar-refractivity contribution in [3.05, 3.63) is 0 Å². The zero-order chi connectivity index (χ0) is 28.9. The topological polar surface area (TPSA) is 161 Å². The number of likely N-dealkylation sites (tertiary alicyclic amines) is 1. The minimum Gasteiger partial charge on any atom is -0.463 e. The van der Waals surface area contributed by atoms with E-state index in [4.69, 9.17) is 28.4 Å². The van der Waals surface area contributed by atoms with Crippen LogP contribution in [-0.2, 0) is 57.2 Å². The summed E-state index contributed by atoms with van der Waals surface area (Å²) < 4.78 is 72.2. The molecule has 7 atom stereocenters. The molecule has 0 radical (unpaired) electrons. The zero-order valence-electron chi connectivity index (χ0n) is 21.1. The van der Waals surface area contributed by atoms with Gasteiger partial charge in [-0.15, -0.1) is 0 Å². The molecule has 2 heterocycles. The number of alkyl halides is 3. The fourth-order valence-electron chi connectivity index (χ4n) is 4.58. The largest absolute Gasteiger partial charge is 0.471 e. The molecule has 0 aromatic rings. The molecule has 2 rings (SSSR count). The smallest absolute Gasteiger partial charge is 0.463 e. The Hall–Kier alpha value is -3.43. The average Bonchev–Trinajstić information content (AvgIpc) is 3.14. The number of rotatable bonds is 7. The Kier molecular flexibility index (Phi) is 10.1. The fourth-order valence-corrected chi connectivity index (χ4v) is 4.58. The molecule has 16 heteroatoms. The lowest BCUT2D eigenvalue weighted by Gasteiger charge is -2.48. The first-order chi connectivity index (χ1) is 17.5. The molecule has 214 valence electrons. The molecule has 0 aromatic heterocycles. The van der Waals surface area contributed by atoms with Crippen LogP contribution in [0.25, 0.3) is 0 Å². The molecule has 1 amide bonds. The number of hydrogen-bond donors (Lipinski definition) is 0. The van der Waals surface area contributed by atoms with Crippen molar-refractivity contribution in [2.24, 2.45) is 5.92 Å². The van der Waals surface area contributed by atoms with Crippen LogP contribution in [0.15, 0.2) is 0 Å². The number of ether oxygens (including phenoxy) is 6. The first-order valence-electron chi connectivity index (χ1n) is 11.4. The molecule has 13 nitrogen and oxygen atoms in total. The van der Waals surface area contributed by atoms with Gasteiger partial charge in [-0.25, -0.2) is 0 Å². The molecule has 0 bridgehead atoms. The summed E-state index contributed by atoms with van der Waals surface area (Å²) in [6.07, 6.45) is -13.6. The predicted molar refractivity (Wildman–Crippen MR) is 113 cm³/mol. The number of nitrogens with zero attached hydrogens (tertiary/aromatic N) is 1. The SMILES string of the molecule is CC(=O)OC[C@H]1O[C@H](OC(C)=O)[C@H](OC(C)=O)[C@H]([C@@H]2[C@@H](OC(C)=O)CCN2C(=O)C(F)(F)F)[C@H]1OC(C)=O. The summed E-state index contributed by atoms with van der Waals surface area (Å²) in [5.41, 5.74) is 0. The summed E-state index contributed by atoms with van der Waals surface area (Å²) in [5.74, 6) is -8.50. The van der Waals surface area contributed by atoms with Crippen molar-refractivity contribution in [2.45, 2.75) is 84.0 Å². The zero-order valence-corrected chi connectivity index (χ0v) is 21.1. The van der Waals surface area contributed by atoms with Crippen LogP contribution in [0.5, 0.6) is 0 Å². The second-order valence-electron chi connectivity index (χ2n) is 8.60. The van der Waals surface area contributed by atoms with Crippen molar-refractivity contribution in [3.8, 4) is 0 Å². The van der Waals surface area contributed by atoms with Crippen LogP contribution in [0.3, 0.4) is 0 Å². The predicted octanol–water partition coefficient (Wildman–Crippen LogP) is 0.412. The Morgan fingerprint density at radius 1 is 0.789 bits per heavy atom. The fraction of sp³-hybridized carbons (Fsp3) is 0.727. The Labute approximate surface area is 214 Å². The third-order valence-electron chi connectivity index (χ3n) is 5.65. The first kappa shape index (κ1) is 30.8. The van der Waals surface area contributed by atoms with E-state index in [9.17, 15) is 41.9 Å². The molecule has 2 fully saturated rings. The summed E-state index contributed by atoms with van der Waals surface area (Å²) >= 11 is 0. The summed E-state index contributed by atoms with van der Waals surface area (Å²) in [6.45, 7) is 3.76. The highest BCUT2D eigenvalue weighted by molar-refractivity contribution is 5.82. The minimum absolute atomic E-state index is 0.254. The Morgan fingerprint density at radius 3 is 1.79 bits per heavy atom. The van der Waals surface area contributed by atoms with E-state index in [1.54, 1.807) is 0 Å². The number of halogens is 3. The van der Waals surface area contributed by atoms with Gasteiger partial charge >= 0.3 is 41.9 Å². The minimum atomic E-state index is -5.35. The maximum absolute atomic E-state index is 13.6. The van der Waals surface area contributed by atoms with Crippen molar-refractivity contribution in [2.75, 3.05) is 13.2 Å². The van der Waals surface area contributed by atoms with Crippen LogP contribution in [-0.4, -0.2) is 96.7 Å². The van der Waals surface area contributed by atoms with Gasteiger partial charge in [-0.05, 0) is 0 Å². The second kappa shape index (κ2) is 12.4. The molecule has 0 spiro atoms. The number of carbonyl (C=O) groups excluding carboxylic acids is 6. The van der Waals surface area contributed by atoms with Crippen LogP contribution < -0.4 is 0 Å². The summed E-state index contributed by atoms with van der Waals surface area (Å²) in [6, 6.07) is -1.71. The van der Waals surface area contributed by atoms with Crippen LogP contribution >= 0.6 is 0 Å². The molecule has 2 saturated heterocycles. The Bertz CT molecular complexity index is 954. The molecule has 2 aliphatic heterocycles. The summed E-state index contributed by atoms with van der Waals surface area (Å²) in [7, 11) is 0. The van der Waals surface area contributed by atoms with Gasteiger partial charge in [0.25, 0.3) is 0 Å². The van der Waals surface area contributed by atoms with E-state index in [0.717, 1.165) is 34.6 Å². The maximum atomic E-state index is 13.6. The summed E-state index contributed by atoms with van der Waals surface area (Å²) in [5, 5.41) is 0. The standard InChI is InChI=1S/C22H28F3NO12/c1-9(27)33-8-15-18(35-11(3)29)16(19(36-12(4)30)20(38-15)37-13(5)31)17-14(34-10(2)28)6-7-26(17)21(32)22(23,24)25/h14-20H,6-8H2,1-5H3/t14-,15+,16+,17-,18-,19+,20-/m0/s1. The normalized spacial score (nSPS) is 29.2. The molecular formula is C22H28F3NO12. The molecule has 0 unspecified atom stereocenters. The summed E-state index contributed by atoms with van der Waals surface area (Å²) in [4.78, 5) is 72.0. The number of amides is 1. The van der Waals surface area contributed by atoms with Gasteiger partial charge in [-0.2, -0.15) is 13.2 Å². The highest BCUT2D eigenvalue weighted by Gasteiger charge is 2.61. The van der Waals surface area contributed by atoms with Crippen molar-refractivity contribution in [3.63, 3.8) is 0 Å². The van der Waals surface area contributed by atoms with Crippen molar-refractivity contribution >= 4 is 35.8 Å². The monoisotopic (exact) mass is 555 g/mol. The number of hydrogen-bond acceptors (Lipinski definition) is 12. The van der Waals surface area contributed by atoms with Gasteiger partial charge in [0.2, 0.25) is 6.29 Å². The lowest BCUT2D eigenvalue weighted by Crippen LogP contribution is -2.66. The van der Waals surface area contributed by atoms with E-state index < -0.39 is 97.7 Å². The third kappa shape index (κ3) is 7.79. The number of esters is 5. The van der Waals surface area contributed by atoms with E-state index in [1.807, 2.05) is 0 Å². The van der Waals surface area contributed by atoms with E-state index in [-0.39, 0.29) is 6.42 Å². The van der Waals surface area contributed by atoms with Crippen molar-refractivity contribution in [1.29, 1.82) is 0 Å². The van der Waals surface area contributed by atoms with Crippen molar-refractivity contribution < 1.29 is 70.4 Å². The van der Waals surface area contributed by atoms with Crippen LogP contribution in [0.2, 0.25) is 0 Å². The molecule has 0 N–H and O–H groups in total. The number of carbonyl (C=O) groups is 6. The molecule has 0 aliphatic carbocycles. The van der Waals surface area contributed by atoms with Gasteiger partial charge in [-0.1, -0.05) is 0 Å². The van der Waals surface area contributed by atoms with E-state index in [2.05, 4.69) is 0 Å². The molecular weight excluding hydrogens is 527 g/mol. The third-order valence-corrected chi connectivity index (χ3v) is 5.65. The lowest BCUT2D eigenvalue weighted by molar-refractivity contribution is -0.295. The van der Waals surface area contributed by atoms with Crippen LogP contribution in [0, 0.1) is 5.92 Å². The lowest BCUT2D eigenvalue weighted by atomic mass is 9.80. The highest BCUT2D eigenvalue weighted by atomic mass is 19.4. The molecule has 0 saturated carbocycles. The van der Waals surface area contributed by atoms with E-state index >= 15 is 0 Å². The maximum Gasteiger partial charge on any atom is 0.471 e. The van der Waals surface area contributed by atoms with Crippen molar-refractivity contribution in [1.82, 2.24) is 4.90 Å². The van der Waals surface area contributed by atoms with Gasteiger partial charge in [0.15, 0.2) is 6.10 Å². The average molecular weight is 555 g/mol. The second-order valence-corrected chi connectivity index (χ2v) is 8.60. The molecule has 38 heavy (non-hydrogen) atoms. The Morgan fingerprint density at radius 2 is 1.32 bits per heavy atom. The van der Waals surface area contributed by atoms with Crippen LogP contribution in [0.4, 0.5) is 13.2 Å². The van der Waals surface area contributed by atoms with Gasteiger partial charge in [0.05, 0.1) is 12.0 Å². The highest BCUT2D eigenvalue weighted by Crippen LogP contribution is 2.41. The van der Waals surface area contributed by atoms with E-state index in [1.165, 1.54) is 0 Å².